The van der Waals surface area contributed by atoms with Crippen LogP contribution in [0.4, 0.5) is 0 Å². The zero-order chi connectivity index (χ0) is 16.4. The minimum atomic E-state index is -1.72. The van der Waals surface area contributed by atoms with Gasteiger partial charge < -0.3 is 9.84 Å². The van der Waals surface area contributed by atoms with Gasteiger partial charge in [-0.2, -0.15) is 0 Å². The van der Waals surface area contributed by atoms with Crippen molar-refractivity contribution >= 4 is 28.1 Å². The largest absolute Gasteiger partial charge is 0.480 e. The summed E-state index contributed by atoms with van der Waals surface area (Å²) in [6.45, 7) is 16.0. The molecule has 0 aliphatic carbocycles. The fourth-order valence-corrected chi connectivity index (χ4v) is 13.8. The summed E-state index contributed by atoms with van der Waals surface area (Å²) in [6, 6.07) is 0. The predicted octanol–water partition coefficient (Wildman–Crippen LogP) is 3.32. The van der Waals surface area contributed by atoms with Crippen LogP contribution >= 0.6 is 0 Å². The zero-order valence-electron chi connectivity index (χ0n) is 13.9. The van der Waals surface area contributed by atoms with E-state index in [4.69, 9.17) is 4.74 Å². The first-order valence-electron chi connectivity index (χ1n) is 6.85. The molecule has 1 atom stereocenters. The van der Waals surface area contributed by atoms with Crippen molar-refractivity contribution in [1.82, 2.24) is 0 Å². The zero-order valence-corrected chi connectivity index (χ0v) is 15.9. The average molecular weight is 317 g/mol. The molecule has 0 aromatic rings. The Kier molecular flexibility index (Phi) is 5.98. The normalized spacial score (nSPS) is 16.2. The highest BCUT2D eigenvalue weighted by atomic mass is 28.4. The van der Waals surface area contributed by atoms with Gasteiger partial charge in [-0.25, -0.2) is 0 Å². The lowest BCUT2D eigenvalue weighted by atomic mass is 9.90. The molecule has 0 spiro atoms. The molecule has 0 bridgehead atoms. The maximum Gasteiger partial charge on any atom is 0.326 e. The van der Waals surface area contributed by atoms with Gasteiger partial charge in [0.1, 0.15) is 0 Å². The third-order valence-electron chi connectivity index (χ3n) is 3.17. The van der Waals surface area contributed by atoms with Gasteiger partial charge in [-0.3, -0.25) is 9.59 Å². The maximum atomic E-state index is 12.4. The van der Waals surface area contributed by atoms with Crippen LogP contribution < -0.4 is 0 Å². The second-order valence-electron chi connectivity index (χ2n) is 7.52. The molecule has 1 unspecified atom stereocenters. The number of aliphatic carboxylic acids is 1. The number of carbonyl (C=O) groups excluding carboxylic acids is 1. The van der Waals surface area contributed by atoms with Crippen LogP contribution in [0.1, 0.15) is 13.8 Å². The number of ether oxygens (including phenoxy) is 1. The first-order valence-corrected chi connectivity index (χ1v) is 14.0. The second-order valence-corrected chi connectivity index (χ2v) is 18.6. The van der Waals surface area contributed by atoms with E-state index in [1.54, 1.807) is 13.0 Å². The molecule has 0 aromatic heterocycles. The van der Waals surface area contributed by atoms with Crippen molar-refractivity contribution in [3.05, 3.63) is 12.2 Å². The van der Waals surface area contributed by atoms with Gasteiger partial charge in [-0.1, -0.05) is 51.4 Å². The first kappa shape index (κ1) is 19.1. The Morgan fingerprint density at radius 3 is 1.75 bits per heavy atom. The van der Waals surface area contributed by atoms with Gasteiger partial charge in [-0.15, -0.1) is 0 Å². The lowest BCUT2D eigenvalue weighted by Gasteiger charge is -2.38. The van der Waals surface area contributed by atoms with Gasteiger partial charge in [0.2, 0.25) is 0 Å². The maximum absolute atomic E-state index is 12.4. The van der Waals surface area contributed by atoms with Crippen LogP contribution in [0.25, 0.3) is 0 Å². The molecule has 0 saturated heterocycles. The molecule has 0 saturated carbocycles. The Hall–Kier alpha value is -0.886. The molecule has 116 valence electrons. The van der Waals surface area contributed by atoms with E-state index >= 15 is 0 Å². The van der Waals surface area contributed by atoms with Crippen LogP contribution in [0.15, 0.2) is 12.2 Å². The standard InChI is InChI=1S/C14H28O4Si2/c1-9-10-14(2,11(15)16)12(17)18-13(19(3,4)5)20(6,7)8/h9-10,13H,1-8H3,(H,15,16). The number of esters is 1. The summed E-state index contributed by atoms with van der Waals surface area (Å²) in [6.07, 6.45) is 2.97. The number of carboxylic acids is 1. The number of carboxylic acid groups (broad SMARTS) is 1. The van der Waals surface area contributed by atoms with E-state index < -0.39 is 33.5 Å². The van der Waals surface area contributed by atoms with Crippen molar-refractivity contribution in [2.45, 2.75) is 58.5 Å². The van der Waals surface area contributed by atoms with E-state index in [1.165, 1.54) is 13.0 Å². The van der Waals surface area contributed by atoms with Gasteiger partial charge in [0.05, 0.1) is 21.5 Å². The highest BCUT2D eigenvalue weighted by Gasteiger charge is 2.46. The van der Waals surface area contributed by atoms with E-state index in [9.17, 15) is 14.7 Å². The van der Waals surface area contributed by atoms with E-state index in [-0.39, 0.29) is 5.35 Å². The van der Waals surface area contributed by atoms with Crippen LogP contribution in [0, 0.1) is 5.41 Å². The number of allylic oxidation sites excluding steroid dienone is 1. The van der Waals surface area contributed by atoms with E-state index in [0.29, 0.717) is 0 Å². The van der Waals surface area contributed by atoms with Crippen LogP contribution in [0.3, 0.4) is 0 Å². The van der Waals surface area contributed by atoms with Gasteiger partial charge in [0.15, 0.2) is 5.41 Å². The van der Waals surface area contributed by atoms with Crippen molar-refractivity contribution in [1.29, 1.82) is 0 Å². The summed E-state index contributed by atoms with van der Waals surface area (Å²) >= 11 is 0. The minimum absolute atomic E-state index is 0.105. The smallest absolute Gasteiger partial charge is 0.326 e. The molecule has 0 aliphatic rings. The molecule has 0 heterocycles. The molecule has 6 heteroatoms. The lowest BCUT2D eigenvalue weighted by Crippen LogP contribution is -2.57. The van der Waals surface area contributed by atoms with Crippen molar-refractivity contribution in [2.24, 2.45) is 5.41 Å². The van der Waals surface area contributed by atoms with Crippen molar-refractivity contribution in [3.8, 4) is 0 Å². The van der Waals surface area contributed by atoms with Crippen molar-refractivity contribution < 1.29 is 19.4 Å². The van der Waals surface area contributed by atoms with Crippen LogP contribution in [-0.2, 0) is 14.3 Å². The summed E-state index contributed by atoms with van der Waals surface area (Å²) in [5, 5.41) is 9.22. The van der Waals surface area contributed by atoms with E-state index in [0.717, 1.165) is 0 Å². The molecule has 0 rings (SSSR count). The topological polar surface area (TPSA) is 63.6 Å². The number of carbonyl (C=O) groups is 2. The first-order chi connectivity index (χ1) is 8.76. The fraction of sp³-hybridized carbons (Fsp3) is 0.714. The fourth-order valence-electron chi connectivity index (χ4n) is 2.44. The minimum Gasteiger partial charge on any atom is -0.480 e. The average Bonchev–Trinajstić information content (AvgIpc) is 2.21. The van der Waals surface area contributed by atoms with Gasteiger partial charge >= 0.3 is 11.9 Å². The molecule has 1 N–H and O–H groups in total. The van der Waals surface area contributed by atoms with Gasteiger partial charge in [-0.05, 0) is 13.8 Å². The monoisotopic (exact) mass is 316 g/mol. The Bertz CT molecular complexity index is 390. The van der Waals surface area contributed by atoms with E-state index in [1.807, 2.05) is 0 Å². The van der Waals surface area contributed by atoms with Gasteiger partial charge in [0.25, 0.3) is 0 Å². The molecule has 0 radical (unpaired) electrons. The predicted molar refractivity (Wildman–Crippen MR) is 87.1 cm³/mol. The van der Waals surface area contributed by atoms with Crippen molar-refractivity contribution in [3.63, 3.8) is 0 Å². The molecule has 0 aromatic carbocycles. The quantitative estimate of drug-likeness (QED) is 0.353. The van der Waals surface area contributed by atoms with E-state index in [2.05, 4.69) is 39.3 Å². The van der Waals surface area contributed by atoms with Crippen LogP contribution in [0.5, 0.6) is 0 Å². The number of hydrogen-bond donors (Lipinski definition) is 1. The van der Waals surface area contributed by atoms with Crippen LogP contribution in [0.2, 0.25) is 39.3 Å². The second kappa shape index (κ2) is 6.26. The Morgan fingerprint density at radius 2 is 1.50 bits per heavy atom. The van der Waals surface area contributed by atoms with Crippen molar-refractivity contribution in [2.75, 3.05) is 0 Å². The van der Waals surface area contributed by atoms with Crippen LogP contribution in [-0.4, -0.2) is 38.5 Å². The molecule has 0 aliphatic heterocycles. The summed E-state index contributed by atoms with van der Waals surface area (Å²) in [4.78, 5) is 23.8. The number of hydrogen-bond acceptors (Lipinski definition) is 3. The third-order valence-corrected chi connectivity index (χ3v) is 11.7. The summed E-state index contributed by atoms with van der Waals surface area (Å²) in [5.41, 5.74) is -1.60. The summed E-state index contributed by atoms with van der Waals surface area (Å²) in [7, 11) is -3.44. The highest BCUT2D eigenvalue weighted by molar-refractivity contribution is 6.96. The molecular weight excluding hydrogens is 288 g/mol. The molecule has 4 nitrogen and oxygen atoms in total. The summed E-state index contributed by atoms with van der Waals surface area (Å²) in [5.74, 6) is -1.83. The third kappa shape index (κ3) is 4.59. The Balaban J connectivity index is 5.46. The Labute approximate surface area is 124 Å². The molecule has 0 amide bonds. The molecular formula is C14H28O4Si2. The Morgan fingerprint density at radius 1 is 1.10 bits per heavy atom. The molecule has 0 fully saturated rings. The highest BCUT2D eigenvalue weighted by Crippen LogP contribution is 2.28. The number of rotatable bonds is 6. The summed E-state index contributed by atoms with van der Waals surface area (Å²) < 4.78 is 5.71. The van der Waals surface area contributed by atoms with Gasteiger partial charge in [0, 0.05) is 0 Å². The lowest BCUT2D eigenvalue weighted by molar-refractivity contribution is -0.163. The molecule has 20 heavy (non-hydrogen) atoms. The SMILES string of the molecule is CC=CC(C)(C(=O)O)C(=O)OC([Si](C)(C)C)[Si](C)(C)C.